The summed E-state index contributed by atoms with van der Waals surface area (Å²) in [4.78, 5) is 14.2. The van der Waals surface area contributed by atoms with Crippen LogP contribution in [0.5, 0.6) is 0 Å². The molecule has 2 aliphatic heterocycles. The van der Waals surface area contributed by atoms with E-state index in [1.807, 2.05) is 0 Å². The zero-order valence-electron chi connectivity index (χ0n) is 12.6. The van der Waals surface area contributed by atoms with E-state index in [2.05, 4.69) is 10.2 Å². The lowest BCUT2D eigenvalue weighted by Crippen LogP contribution is -2.39. The summed E-state index contributed by atoms with van der Waals surface area (Å²) in [5.41, 5.74) is 0. The highest BCUT2D eigenvalue weighted by molar-refractivity contribution is 5.85. The Kier molecular flexibility index (Phi) is 8.50. The molecule has 0 aromatic carbocycles. The summed E-state index contributed by atoms with van der Waals surface area (Å²) in [5, 5.41) is 3.38. The average Bonchev–Trinajstić information content (AvgIpc) is 2.47. The van der Waals surface area contributed by atoms with Crippen molar-refractivity contribution in [2.75, 3.05) is 39.9 Å². The molecule has 4 nitrogen and oxygen atoms in total. The highest BCUT2D eigenvalue weighted by atomic mass is 35.5. The average molecular weight is 305 g/mol. The first-order valence-corrected chi connectivity index (χ1v) is 7.77. The molecule has 2 rings (SSSR count). The molecule has 0 bridgehead atoms. The van der Waals surface area contributed by atoms with Crippen LogP contribution in [0.25, 0.3) is 0 Å². The fourth-order valence-corrected chi connectivity index (χ4v) is 3.24. The van der Waals surface area contributed by atoms with Gasteiger partial charge in [-0.1, -0.05) is 0 Å². The van der Waals surface area contributed by atoms with Crippen LogP contribution in [0.2, 0.25) is 0 Å². The van der Waals surface area contributed by atoms with Gasteiger partial charge < -0.3 is 15.0 Å². The minimum atomic E-state index is 0. The Labute approximate surface area is 129 Å². The molecule has 0 saturated carbocycles. The molecular formula is C15H29ClN2O2. The minimum absolute atomic E-state index is 0. The van der Waals surface area contributed by atoms with Crippen LogP contribution in [0.3, 0.4) is 0 Å². The van der Waals surface area contributed by atoms with Crippen LogP contribution in [0.15, 0.2) is 0 Å². The van der Waals surface area contributed by atoms with Gasteiger partial charge in [-0.25, -0.2) is 0 Å². The zero-order valence-corrected chi connectivity index (χ0v) is 13.4. The van der Waals surface area contributed by atoms with Crippen molar-refractivity contribution in [2.45, 2.75) is 38.5 Å². The van der Waals surface area contributed by atoms with Crippen molar-refractivity contribution in [1.29, 1.82) is 0 Å². The van der Waals surface area contributed by atoms with Gasteiger partial charge in [0.1, 0.15) is 0 Å². The van der Waals surface area contributed by atoms with Crippen molar-refractivity contribution in [3.63, 3.8) is 0 Å². The lowest BCUT2D eigenvalue weighted by Gasteiger charge is -2.32. The molecule has 2 fully saturated rings. The number of amides is 1. The monoisotopic (exact) mass is 304 g/mol. The first kappa shape index (κ1) is 17.7. The van der Waals surface area contributed by atoms with E-state index in [0.717, 1.165) is 64.4 Å². The second kappa shape index (κ2) is 9.59. The third-order valence-corrected chi connectivity index (χ3v) is 4.59. The van der Waals surface area contributed by atoms with E-state index in [9.17, 15) is 4.79 Å². The molecule has 2 aliphatic rings. The Morgan fingerprint density at radius 1 is 1.15 bits per heavy atom. The van der Waals surface area contributed by atoms with Gasteiger partial charge in [-0.2, -0.15) is 0 Å². The third kappa shape index (κ3) is 5.58. The molecule has 0 unspecified atom stereocenters. The number of likely N-dealkylation sites (tertiary alicyclic amines) is 1. The highest BCUT2D eigenvalue weighted by Gasteiger charge is 2.23. The van der Waals surface area contributed by atoms with Gasteiger partial charge in [0.15, 0.2) is 0 Å². The van der Waals surface area contributed by atoms with Crippen molar-refractivity contribution in [3.05, 3.63) is 0 Å². The highest BCUT2D eigenvalue weighted by Crippen LogP contribution is 2.21. The summed E-state index contributed by atoms with van der Waals surface area (Å²) in [7, 11) is 1.76. The first-order chi connectivity index (χ1) is 9.29. The number of piperidine rings is 2. The number of carbonyl (C=O) groups excluding carboxylic acids is 1. The van der Waals surface area contributed by atoms with E-state index in [1.54, 1.807) is 7.11 Å². The number of halogens is 1. The molecule has 118 valence electrons. The van der Waals surface area contributed by atoms with Crippen LogP contribution < -0.4 is 5.32 Å². The summed E-state index contributed by atoms with van der Waals surface area (Å²) in [6.07, 6.45) is 6.52. The standard InChI is InChI=1S/C15H28N2O2.ClH/c1-19-12-14-6-10-17(11-7-14)15(18)3-2-13-4-8-16-9-5-13;/h13-14,16H,2-12H2,1H3;1H. The topological polar surface area (TPSA) is 41.6 Å². The van der Waals surface area contributed by atoms with E-state index in [0.29, 0.717) is 11.8 Å². The molecule has 5 heteroatoms. The molecule has 20 heavy (non-hydrogen) atoms. The Hall–Kier alpha value is -0.320. The SMILES string of the molecule is COCC1CCN(C(=O)CCC2CCNCC2)CC1.Cl. The van der Waals surface area contributed by atoms with E-state index < -0.39 is 0 Å². The van der Waals surface area contributed by atoms with Crippen molar-refractivity contribution in [2.24, 2.45) is 11.8 Å². The number of hydrogen-bond donors (Lipinski definition) is 1. The molecule has 2 heterocycles. The van der Waals surface area contributed by atoms with Crippen molar-refractivity contribution >= 4 is 18.3 Å². The summed E-state index contributed by atoms with van der Waals surface area (Å²) in [5.74, 6) is 1.78. The zero-order chi connectivity index (χ0) is 13.5. The van der Waals surface area contributed by atoms with Crippen molar-refractivity contribution < 1.29 is 9.53 Å². The van der Waals surface area contributed by atoms with Crippen LogP contribution in [0, 0.1) is 11.8 Å². The second-order valence-corrected chi connectivity index (χ2v) is 6.01. The van der Waals surface area contributed by atoms with Gasteiger partial charge in [0.25, 0.3) is 0 Å². The fourth-order valence-electron chi connectivity index (χ4n) is 3.24. The Morgan fingerprint density at radius 2 is 1.80 bits per heavy atom. The number of rotatable bonds is 5. The number of ether oxygens (including phenoxy) is 1. The van der Waals surface area contributed by atoms with Gasteiger partial charge in [0.05, 0.1) is 0 Å². The second-order valence-electron chi connectivity index (χ2n) is 6.01. The fraction of sp³-hybridized carbons (Fsp3) is 0.933. The number of nitrogens with one attached hydrogen (secondary N) is 1. The van der Waals surface area contributed by atoms with Gasteiger partial charge in [-0.05, 0) is 57.0 Å². The minimum Gasteiger partial charge on any atom is -0.384 e. The summed E-state index contributed by atoms with van der Waals surface area (Å²) in [6.45, 7) is 4.96. The molecule has 0 aromatic rings. The van der Waals surface area contributed by atoms with E-state index >= 15 is 0 Å². The van der Waals surface area contributed by atoms with E-state index in [4.69, 9.17) is 4.74 Å². The quantitative estimate of drug-likeness (QED) is 0.845. The molecule has 0 spiro atoms. The molecule has 0 aliphatic carbocycles. The maximum Gasteiger partial charge on any atom is 0.222 e. The van der Waals surface area contributed by atoms with Crippen molar-refractivity contribution in [3.8, 4) is 0 Å². The lowest BCUT2D eigenvalue weighted by atomic mass is 9.92. The van der Waals surface area contributed by atoms with Crippen LogP contribution in [0.4, 0.5) is 0 Å². The summed E-state index contributed by atoms with van der Waals surface area (Å²) < 4.78 is 5.19. The molecule has 0 radical (unpaired) electrons. The molecule has 1 amide bonds. The van der Waals surface area contributed by atoms with Gasteiger partial charge in [-0.15, -0.1) is 12.4 Å². The third-order valence-electron chi connectivity index (χ3n) is 4.59. The molecule has 2 saturated heterocycles. The van der Waals surface area contributed by atoms with Gasteiger partial charge in [-0.3, -0.25) is 4.79 Å². The smallest absolute Gasteiger partial charge is 0.222 e. The van der Waals surface area contributed by atoms with Crippen LogP contribution in [0.1, 0.15) is 38.5 Å². The molecule has 0 atom stereocenters. The normalized spacial score (nSPS) is 21.6. The molecule has 0 aromatic heterocycles. The van der Waals surface area contributed by atoms with E-state index in [-0.39, 0.29) is 12.4 Å². The summed E-state index contributed by atoms with van der Waals surface area (Å²) >= 11 is 0. The van der Waals surface area contributed by atoms with E-state index in [1.165, 1.54) is 12.8 Å². The maximum absolute atomic E-state index is 12.2. The molecular weight excluding hydrogens is 276 g/mol. The largest absolute Gasteiger partial charge is 0.384 e. The number of hydrogen-bond acceptors (Lipinski definition) is 3. The number of nitrogens with zero attached hydrogens (tertiary/aromatic N) is 1. The Balaban J connectivity index is 0.00000200. The van der Waals surface area contributed by atoms with Crippen molar-refractivity contribution in [1.82, 2.24) is 10.2 Å². The predicted octanol–water partition coefficient (Wildman–Crippen LogP) is 2.07. The number of carbonyl (C=O) groups is 1. The van der Waals surface area contributed by atoms with Gasteiger partial charge in [0.2, 0.25) is 5.91 Å². The maximum atomic E-state index is 12.2. The number of methoxy groups -OCH3 is 1. The Morgan fingerprint density at radius 3 is 2.40 bits per heavy atom. The first-order valence-electron chi connectivity index (χ1n) is 7.77. The predicted molar refractivity (Wildman–Crippen MR) is 83.3 cm³/mol. The van der Waals surface area contributed by atoms with Gasteiger partial charge >= 0.3 is 0 Å². The molecule has 1 N–H and O–H groups in total. The van der Waals surface area contributed by atoms with Crippen LogP contribution in [-0.4, -0.2) is 50.7 Å². The lowest BCUT2D eigenvalue weighted by molar-refractivity contribution is -0.133. The van der Waals surface area contributed by atoms with Crippen LogP contribution in [-0.2, 0) is 9.53 Å². The van der Waals surface area contributed by atoms with Crippen LogP contribution >= 0.6 is 12.4 Å². The summed E-state index contributed by atoms with van der Waals surface area (Å²) in [6, 6.07) is 0. The Bertz CT molecular complexity index is 275. The van der Waals surface area contributed by atoms with Gasteiger partial charge in [0, 0.05) is 33.2 Å².